The summed E-state index contributed by atoms with van der Waals surface area (Å²) in [5.74, 6) is -1.29. The van der Waals surface area contributed by atoms with Gasteiger partial charge in [0.05, 0.1) is 11.1 Å². The summed E-state index contributed by atoms with van der Waals surface area (Å²) < 4.78 is 0. The van der Waals surface area contributed by atoms with Gasteiger partial charge < -0.3 is 9.68 Å². The second-order valence-electron chi connectivity index (χ2n) is 14.8. The Morgan fingerprint density at radius 3 is 1.71 bits per heavy atom. The largest absolute Gasteiger partial charge is 0.365 e. The highest BCUT2D eigenvalue weighted by atomic mass is 32.2. The Bertz CT molecular complexity index is 2350. The first-order valence-corrected chi connectivity index (χ1v) is 19.9. The van der Waals surface area contributed by atoms with Gasteiger partial charge in [-0.05, 0) is 107 Å². The van der Waals surface area contributed by atoms with E-state index >= 15 is 0 Å². The van der Waals surface area contributed by atoms with Crippen LogP contribution in [0.2, 0.25) is 0 Å². The van der Waals surface area contributed by atoms with Gasteiger partial charge in [0, 0.05) is 43.6 Å². The molecule has 0 N–H and O–H groups in total. The normalized spacial score (nSPS) is 18.9. The average molecular weight is 769 g/mol. The molecule has 1 unspecified atom stereocenters. The predicted octanol–water partition coefficient (Wildman–Crippen LogP) is 10.5. The summed E-state index contributed by atoms with van der Waals surface area (Å²) in [5, 5.41) is 7.82. The zero-order valence-electron chi connectivity index (χ0n) is 31.3. The molecule has 0 amide bonds. The third-order valence-corrected chi connectivity index (χ3v) is 12.4. The lowest BCUT2D eigenvalue weighted by molar-refractivity contribution is 0.0514. The number of oxime groups is 2. The van der Waals surface area contributed by atoms with Crippen molar-refractivity contribution in [1.82, 2.24) is 0 Å². The Balaban J connectivity index is 0.943. The summed E-state index contributed by atoms with van der Waals surface area (Å²) >= 11 is 3.25. The van der Waals surface area contributed by atoms with E-state index in [0.29, 0.717) is 23.0 Å². The Labute approximate surface area is 329 Å². The van der Waals surface area contributed by atoms with Crippen molar-refractivity contribution in [1.29, 1.82) is 0 Å². The van der Waals surface area contributed by atoms with E-state index in [9.17, 15) is 19.2 Å². The average Bonchev–Trinajstić information content (AvgIpc) is 3.67. The zero-order chi connectivity index (χ0) is 38.9. The summed E-state index contributed by atoms with van der Waals surface area (Å²) in [4.78, 5) is 66.6. The maximum Gasteiger partial charge on any atom is 0.365 e. The molecule has 0 aromatic heterocycles. The van der Waals surface area contributed by atoms with Crippen LogP contribution in [0.1, 0.15) is 105 Å². The van der Waals surface area contributed by atoms with Crippen molar-refractivity contribution in [2.45, 2.75) is 74.5 Å². The minimum Gasteiger partial charge on any atom is -0.312 e. The van der Waals surface area contributed by atoms with Crippen molar-refractivity contribution in [2.24, 2.45) is 21.6 Å². The molecule has 278 valence electrons. The molecular weight excluding hydrogens is 729 g/mol. The molecule has 8 nitrogen and oxygen atoms in total. The lowest BCUT2D eigenvalue weighted by Gasteiger charge is -2.32. The molecule has 1 atom stereocenters. The van der Waals surface area contributed by atoms with Crippen LogP contribution < -0.4 is 0 Å². The second kappa shape index (κ2) is 15.8. The fourth-order valence-corrected chi connectivity index (χ4v) is 8.27. The number of carbonyl (C=O) groups is 4. The summed E-state index contributed by atoms with van der Waals surface area (Å²) in [5.41, 5.74) is 4.39. The quantitative estimate of drug-likeness (QED) is 0.116. The fourth-order valence-electron chi connectivity index (χ4n) is 6.48. The molecular formula is C45H40N2O6S2. The van der Waals surface area contributed by atoms with E-state index in [1.807, 2.05) is 24.3 Å². The third-order valence-electron chi connectivity index (χ3n) is 10.4. The maximum absolute atomic E-state index is 13.1. The molecule has 4 aromatic rings. The molecule has 55 heavy (non-hydrogen) atoms. The number of nitrogens with zero attached hydrogens (tertiary/aromatic N) is 2. The number of allylic oxidation sites excluding steroid dienone is 3. The van der Waals surface area contributed by atoms with E-state index in [2.05, 4.69) is 87.4 Å². The van der Waals surface area contributed by atoms with Gasteiger partial charge in [-0.2, -0.15) is 0 Å². The molecule has 3 aliphatic carbocycles. The molecule has 3 aliphatic rings. The van der Waals surface area contributed by atoms with Gasteiger partial charge >= 0.3 is 11.9 Å². The van der Waals surface area contributed by atoms with E-state index in [4.69, 9.17) is 9.68 Å². The molecule has 0 radical (unpaired) electrons. The van der Waals surface area contributed by atoms with Crippen molar-refractivity contribution in [2.75, 3.05) is 0 Å². The Hall–Kier alpha value is -5.32. The molecule has 4 aromatic carbocycles. The Morgan fingerprint density at radius 1 is 0.691 bits per heavy atom. The molecule has 0 heterocycles. The van der Waals surface area contributed by atoms with Crippen molar-refractivity contribution in [3.05, 3.63) is 147 Å². The SMILES string of the molecule is CC(C)c1ccc(Sc2ccc3c(c2)C/C(=N\OC(=O)c2cccc(C(=O)O/N=C4\Cc5cc(SC6=CCC(C)(C(C)C)C=C6)ccc5C4=O)c2)C3=O)cc1. The van der Waals surface area contributed by atoms with Gasteiger partial charge in [-0.3, -0.25) is 9.59 Å². The Kier molecular flexibility index (Phi) is 10.9. The van der Waals surface area contributed by atoms with E-state index in [1.54, 1.807) is 35.7 Å². The summed E-state index contributed by atoms with van der Waals surface area (Å²) in [6.07, 6.45) is 8.14. The van der Waals surface area contributed by atoms with E-state index in [1.165, 1.54) is 29.8 Å². The van der Waals surface area contributed by atoms with Crippen molar-refractivity contribution in [3.8, 4) is 0 Å². The van der Waals surface area contributed by atoms with Crippen LogP contribution in [0.3, 0.4) is 0 Å². The van der Waals surface area contributed by atoms with Crippen molar-refractivity contribution < 1.29 is 28.9 Å². The summed E-state index contributed by atoms with van der Waals surface area (Å²) in [7, 11) is 0. The maximum atomic E-state index is 13.1. The zero-order valence-corrected chi connectivity index (χ0v) is 32.9. The van der Waals surface area contributed by atoms with Crippen LogP contribution in [0.5, 0.6) is 0 Å². The molecule has 0 saturated carbocycles. The molecule has 0 aliphatic heterocycles. The first kappa shape index (κ1) is 38.0. The molecule has 7 rings (SSSR count). The highest BCUT2D eigenvalue weighted by Gasteiger charge is 2.30. The van der Waals surface area contributed by atoms with Gasteiger partial charge in [0.2, 0.25) is 11.6 Å². The molecule has 10 heteroatoms. The van der Waals surface area contributed by atoms with Gasteiger partial charge in [0.1, 0.15) is 11.4 Å². The third kappa shape index (κ3) is 8.35. The minimum absolute atomic E-state index is 0.0303. The number of hydrogen-bond acceptors (Lipinski definition) is 10. The van der Waals surface area contributed by atoms with Gasteiger partial charge in [0.25, 0.3) is 0 Å². The lowest BCUT2D eigenvalue weighted by Crippen LogP contribution is -2.21. The van der Waals surface area contributed by atoms with Crippen molar-refractivity contribution in [3.63, 3.8) is 0 Å². The topological polar surface area (TPSA) is 111 Å². The van der Waals surface area contributed by atoms with Crippen LogP contribution in [0.25, 0.3) is 0 Å². The number of carbonyl (C=O) groups excluding carboxylic acids is 4. The smallest absolute Gasteiger partial charge is 0.312 e. The van der Waals surface area contributed by atoms with Gasteiger partial charge in [-0.15, -0.1) is 0 Å². The van der Waals surface area contributed by atoms with Crippen LogP contribution >= 0.6 is 23.5 Å². The van der Waals surface area contributed by atoms with Gasteiger partial charge in [-0.25, -0.2) is 9.59 Å². The number of Topliss-reactive ketones (excluding diaryl/α,β-unsaturated/α-hetero) is 2. The highest BCUT2D eigenvalue weighted by Crippen LogP contribution is 2.41. The molecule has 0 spiro atoms. The minimum atomic E-state index is -0.846. The number of hydrogen-bond donors (Lipinski definition) is 0. The first-order valence-electron chi connectivity index (χ1n) is 18.2. The Morgan fingerprint density at radius 2 is 1.22 bits per heavy atom. The van der Waals surface area contributed by atoms with Gasteiger partial charge in [-0.1, -0.05) is 105 Å². The van der Waals surface area contributed by atoms with Crippen LogP contribution in [0.15, 0.2) is 133 Å². The van der Waals surface area contributed by atoms with Crippen LogP contribution in [-0.2, 0) is 22.5 Å². The van der Waals surface area contributed by atoms with Crippen LogP contribution in [-0.4, -0.2) is 34.9 Å². The number of thioether (sulfide) groups is 1. The number of benzene rings is 4. The fraction of sp³-hybridized carbons (Fsp3) is 0.244. The summed E-state index contributed by atoms with van der Waals surface area (Å²) in [6.45, 7) is 11.1. The molecule has 0 fully saturated rings. The highest BCUT2D eigenvalue weighted by molar-refractivity contribution is 8.03. The number of ketones is 2. The van der Waals surface area contributed by atoms with Crippen LogP contribution in [0, 0.1) is 11.3 Å². The van der Waals surface area contributed by atoms with Crippen LogP contribution in [0.4, 0.5) is 0 Å². The predicted molar refractivity (Wildman–Crippen MR) is 216 cm³/mol. The van der Waals surface area contributed by atoms with Crippen molar-refractivity contribution >= 4 is 58.5 Å². The summed E-state index contributed by atoms with van der Waals surface area (Å²) in [6, 6.07) is 25.5. The van der Waals surface area contributed by atoms with E-state index in [-0.39, 0.29) is 52.4 Å². The molecule has 0 saturated heterocycles. The molecule has 0 bridgehead atoms. The lowest BCUT2D eigenvalue weighted by atomic mass is 9.74. The standard InChI is InChI=1S/C45H40N2O6S2/c1-26(2)28-9-11-33(12-10-28)54-35-13-15-37-31(22-35)24-39(41(37)48)46-52-43(50)29-7-6-8-30(21-29)44(51)53-47-40-25-32-23-36(14-16-38(32)42(40)49)55-34-17-19-45(5,20-18-34)27(3)4/h6-19,21-23,26-27H,20,24-25H2,1-5H3/b46-39+,47-40+. The number of fused-ring (bicyclic) bond motifs is 2. The van der Waals surface area contributed by atoms with Gasteiger partial charge in [0.15, 0.2) is 0 Å². The number of rotatable bonds is 10. The first-order chi connectivity index (χ1) is 26.4. The monoisotopic (exact) mass is 768 g/mol. The van der Waals surface area contributed by atoms with E-state index < -0.39 is 11.9 Å². The second-order valence-corrected chi connectivity index (χ2v) is 17.1. The van der Waals surface area contributed by atoms with E-state index in [0.717, 1.165) is 37.1 Å².